The lowest BCUT2D eigenvalue weighted by Gasteiger charge is -2.13. The highest BCUT2D eigenvalue weighted by atomic mass is 35.5. The predicted molar refractivity (Wildman–Crippen MR) is 120 cm³/mol. The van der Waals surface area contributed by atoms with Gasteiger partial charge < -0.3 is 9.15 Å². The fourth-order valence-electron chi connectivity index (χ4n) is 3.12. The second-order valence-corrected chi connectivity index (χ2v) is 8.53. The van der Waals surface area contributed by atoms with Crippen molar-refractivity contribution in [3.05, 3.63) is 88.8 Å². The van der Waals surface area contributed by atoms with Crippen molar-refractivity contribution in [2.24, 2.45) is 0 Å². The molecular weight excluding hydrogens is 434 g/mol. The smallest absolute Gasteiger partial charge is 0.373 e. The lowest BCUT2D eigenvalue weighted by Crippen LogP contribution is -2.05. The Hall–Kier alpha value is -3.03. The van der Waals surface area contributed by atoms with E-state index in [9.17, 15) is 4.79 Å². The van der Waals surface area contributed by atoms with Gasteiger partial charge in [0.15, 0.2) is 11.0 Å². The molecule has 0 bridgehead atoms. The molecule has 1 atom stereocenters. The van der Waals surface area contributed by atoms with E-state index in [1.807, 2.05) is 54.0 Å². The Morgan fingerprint density at radius 3 is 2.58 bits per heavy atom. The Kier molecular flexibility index (Phi) is 6.44. The van der Waals surface area contributed by atoms with Crippen LogP contribution in [0.2, 0.25) is 5.02 Å². The van der Waals surface area contributed by atoms with Crippen LogP contribution in [0.3, 0.4) is 0 Å². The maximum atomic E-state index is 11.7. The molecule has 0 radical (unpaired) electrons. The van der Waals surface area contributed by atoms with E-state index < -0.39 is 5.97 Å². The van der Waals surface area contributed by atoms with Crippen LogP contribution in [-0.2, 0) is 11.3 Å². The second-order valence-electron chi connectivity index (χ2n) is 6.81. The van der Waals surface area contributed by atoms with Gasteiger partial charge in [0.2, 0.25) is 5.76 Å². The first kappa shape index (κ1) is 21.2. The standard InChI is InChI=1S/C23H20ClN3O3S/c1-15(19-12-13-20(30-19)22(28)29-2)31-23-26-25-21(17-10-6-7-11-18(17)24)27(23)14-16-8-4-3-5-9-16/h3-13,15H,14H2,1-2H3. The molecule has 2 aromatic carbocycles. The quantitative estimate of drug-likeness (QED) is 0.257. The number of methoxy groups -OCH3 is 1. The molecule has 0 aliphatic rings. The molecule has 31 heavy (non-hydrogen) atoms. The maximum absolute atomic E-state index is 11.7. The first-order valence-corrected chi connectivity index (χ1v) is 10.9. The van der Waals surface area contributed by atoms with Gasteiger partial charge in [-0.1, -0.05) is 65.8 Å². The van der Waals surface area contributed by atoms with Gasteiger partial charge in [0.25, 0.3) is 0 Å². The van der Waals surface area contributed by atoms with E-state index in [4.69, 9.17) is 20.8 Å². The van der Waals surface area contributed by atoms with Crippen molar-refractivity contribution < 1.29 is 13.9 Å². The topological polar surface area (TPSA) is 70.2 Å². The highest BCUT2D eigenvalue weighted by Gasteiger charge is 2.22. The normalized spacial score (nSPS) is 12.0. The zero-order valence-electron chi connectivity index (χ0n) is 17.0. The summed E-state index contributed by atoms with van der Waals surface area (Å²) in [5.74, 6) is 1.02. The third kappa shape index (κ3) is 4.68. The molecule has 0 spiro atoms. The number of ether oxygens (including phenoxy) is 1. The molecule has 4 aromatic rings. The van der Waals surface area contributed by atoms with Gasteiger partial charge in [-0.15, -0.1) is 10.2 Å². The SMILES string of the molecule is COC(=O)c1ccc(C(C)Sc2nnc(-c3ccccc3Cl)n2Cc2ccccc2)o1. The van der Waals surface area contributed by atoms with Crippen molar-refractivity contribution in [3.63, 3.8) is 0 Å². The molecule has 0 saturated heterocycles. The van der Waals surface area contributed by atoms with E-state index in [1.54, 1.807) is 12.1 Å². The Bertz CT molecular complexity index is 1190. The van der Waals surface area contributed by atoms with Gasteiger partial charge >= 0.3 is 5.97 Å². The van der Waals surface area contributed by atoms with E-state index in [1.165, 1.54) is 18.9 Å². The summed E-state index contributed by atoms with van der Waals surface area (Å²) in [6.07, 6.45) is 0. The number of hydrogen-bond acceptors (Lipinski definition) is 6. The summed E-state index contributed by atoms with van der Waals surface area (Å²) < 4.78 is 12.4. The van der Waals surface area contributed by atoms with Gasteiger partial charge in [-0.3, -0.25) is 4.57 Å². The first-order valence-electron chi connectivity index (χ1n) is 9.63. The monoisotopic (exact) mass is 453 g/mol. The van der Waals surface area contributed by atoms with Gasteiger partial charge in [0.1, 0.15) is 5.76 Å². The van der Waals surface area contributed by atoms with Crippen LogP contribution >= 0.6 is 23.4 Å². The molecule has 8 heteroatoms. The largest absolute Gasteiger partial charge is 0.463 e. The summed E-state index contributed by atoms with van der Waals surface area (Å²) >= 11 is 7.94. The summed E-state index contributed by atoms with van der Waals surface area (Å²) in [6, 6.07) is 21.1. The van der Waals surface area contributed by atoms with E-state index >= 15 is 0 Å². The number of esters is 1. The molecule has 0 fully saturated rings. The lowest BCUT2D eigenvalue weighted by atomic mass is 10.2. The average Bonchev–Trinajstić information content (AvgIpc) is 3.43. The lowest BCUT2D eigenvalue weighted by molar-refractivity contribution is 0.0563. The fraction of sp³-hybridized carbons (Fsp3) is 0.174. The van der Waals surface area contributed by atoms with Gasteiger partial charge in [0, 0.05) is 5.56 Å². The van der Waals surface area contributed by atoms with Crippen molar-refractivity contribution in [2.45, 2.75) is 23.9 Å². The minimum atomic E-state index is -0.503. The van der Waals surface area contributed by atoms with Crippen LogP contribution in [0.4, 0.5) is 0 Å². The van der Waals surface area contributed by atoms with Gasteiger partial charge in [0.05, 0.1) is 23.9 Å². The van der Waals surface area contributed by atoms with Crippen LogP contribution in [0.25, 0.3) is 11.4 Å². The number of aromatic nitrogens is 3. The van der Waals surface area contributed by atoms with Crippen LogP contribution in [-0.4, -0.2) is 27.8 Å². The van der Waals surface area contributed by atoms with Crippen LogP contribution < -0.4 is 0 Å². The third-order valence-corrected chi connectivity index (χ3v) is 6.14. The molecule has 4 rings (SSSR count). The number of hydrogen-bond donors (Lipinski definition) is 0. The predicted octanol–water partition coefficient (Wildman–Crippen LogP) is 5.88. The van der Waals surface area contributed by atoms with Crippen molar-refractivity contribution in [1.82, 2.24) is 14.8 Å². The Balaban J connectivity index is 1.68. The molecule has 0 aliphatic carbocycles. The highest BCUT2D eigenvalue weighted by molar-refractivity contribution is 7.99. The number of carbonyl (C=O) groups excluding carboxylic acids is 1. The number of rotatable bonds is 7. The third-order valence-electron chi connectivity index (χ3n) is 4.71. The molecule has 0 N–H and O–H groups in total. The minimum Gasteiger partial charge on any atom is -0.463 e. The molecule has 0 aliphatic heterocycles. The van der Waals surface area contributed by atoms with Gasteiger partial charge in [-0.05, 0) is 36.8 Å². The molecule has 158 valence electrons. The van der Waals surface area contributed by atoms with E-state index in [0.29, 0.717) is 23.2 Å². The van der Waals surface area contributed by atoms with Crippen molar-refractivity contribution >= 4 is 29.3 Å². The first-order chi connectivity index (χ1) is 15.1. The molecule has 2 heterocycles. The zero-order valence-corrected chi connectivity index (χ0v) is 18.6. The van der Waals surface area contributed by atoms with Crippen molar-refractivity contribution in [1.29, 1.82) is 0 Å². The molecule has 6 nitrogen and oxygen atoms in total. The number of halogens is 1. The Labute approximate surface area is 189 Å². The van der Waals surface area contributed by atoms with Gasteiger partial charge in [-0.25, -0.2) is 4.79 Å². The number of carbonyl (C=O) groups is 1. The van der Waals surface area contributed by atoms with Gasteiger partial charge in [-0.2, -0.15) is 0 Å². The minimum absolute atomic E-state index is 0.101. The van der Waals surface area contributed by atoms with Crippen LogP contribution in [0.15, 0.2) is 76.3 Å². The number of furan rings is 1. The average molecular weight is 454 g/mol. The Morgan fingerprint density at radius 1 is 1.10 bits per heavy atom. The summed E-state index contributed by atoms with van der Waals surface area (Å²) in [5, 5.41) is 10.1. The summed E-state index contributed by atoms with van der Waals surface area (Å²) in [7, 11) is 1.32. The van der Waals surface area contributed by atoms with Crippen molar-refractivity contribution in [3.8, 4) is 11.4 Å². The van der Waals surface area contributed by atoms with Crippen molar-refractivity contribution in [2.75, 3.05) is 7.11 Å². The Morgan fingerprint density at radius 2 is 1.84 bits per heavy atom. The van der Waals surface area contributed by atoms with Crippen LogP contribution in [0, 0.1) is 0 Å². The maximum Gasteiger partial charge on any atom is 0.373 e. The summed E-state index contributed by atoms with van der Waals surface area (Å²) in [4.78, 5) is 11.7. The molecular formula is C23H20ClN3O3S. The molecule has 0 amide bonds. The summed E-state index contributed by atoms with van der Waals surface area (Å²) in [5.41, 5.74) is 1.94. The van der Waals surface area contributed by atoms with E-state index in [2.05, 4.69) is 22.3 Å². The number of thioether (sulfide) groups is 1. The zero-order chi connectivity index (χ0) is 21.8. The highest BCUT2D eigenvalue weighted by Crippen LogP contribution is 2.37. The number of benzene rings is 2. The summed E-state index contributed by atoms with van der Waals surface area (Å²) in [6.45, 7) is 2.58. The second kappa shape index (κ2) is 9.41. The number of nitrogens with zero attached hydrogens (tertiary/aromatic N) is 3. The van der Waals surface area contributed by atoms with E-state index in [-0.39, 0.29) is 11.0 Å². The molecule has 1 unspecified atom stereocenters. The fourth-order valence-corrected chi connectivity index (χ4v) is 4.27. The molecule has 0 saturated carbocycles. The van der Waals surface area contributed by atoms with Crippen LogP contribution in [0.1, 0.15) is 34.1 Å². The van der Waals surface area contributed by atoms with Crippen LogP contribution in [0.5, 0.6) is 0 Å². The molecule has 2 aromatic heterocycles. The van der Waals surface area contributed by atoms with E-state index in [0.717, 1.165) is 16.3 Å².